The molecule has 0 saturated carbocycles. The molecule has 0 radical (unpaired) electrons. The number of imidazole rings is 2. The molecule has 4 nitrogen and oxygen atoms in total. The highest BCUT2D eigenvalue weighted by Crippen LogP contribution is 2.23. The van der Waals surface area contributed by atoms with Crippen LogP contribution in [0.2, 0.25) is 0 Å². The first-order chi connectivity index (χ1) is 9.72. The summed E-state index contributed by atoms with van der Waals surface area (Å²) in [6, 6.07) is 9.31. The number of para-hydroxylation sites is 2. The number of halogens is 2. The van der Waals surface area contributed by atoms with E-state index in [0.717, 1.165) is 0 Å². The number of aromatic amines is 2. The average Bonchev–Trinajstić information content (AvgIpc) is 3.03. The molecule has 6 heteroatoms. The van der Waals surface area contributed by atoms with Gasteiger partial charge in [-0.15, -0.1) is 0 Å². The zero-order chi connectivity index (χ0) is 13.7. The van der Waals surface area contributed by atoms with Crippen molar-refractivity contribution >= 4 is 22.1 Å². The number of nitrogens with one attached hydrogen (secondary N) is 2. The van der Waals surface area contributed by atoms with Crippen molar-refractivity contribution in [1.82, 2.24) is 19.9 Å². The Bertz CT molecular complexity index is 861. The molecule has 0 amide bonds. The summed E-state index contributed by atoms with van der Waals surface area (Å²) in [6.07, 6.45) is 0. The Labute approximate surface area is 111 Å². The molecular formula is C14H8F2N4. The first kappa shape index (κ1) is 11.1. The van der Waals surface area contributed by atoms with Gasteiger partial charge in [0.1, 0.15) is 11.0 Å². The van der Waals surface area contributed by atoms with Crippen molar-refractivity contribution in [1.29, 1.82) is 0 Å². The SMILES string of the molecule is Fc1cccc2[nH]c(-c3nc4c(F)cccc4[nH]3)nc12. The fraction of sp³-hybridized carbons (Fsp3) is 0. The second-order valence-corrected chi connectivity index (χ2v) is 4.44. The third-order valence-corrected chi connectivity index (χ3v) is 3.15. The summed E-state index contributed by atoms with van der Waals surface area (Å²) in [5.41, 5.74) is 1.62. The lowest BCUT2D eigenvalue weighted by molar-refractivity contribution is 0.637. The largest absolute Gasteiger partial charge is 0.335 e. The van der Waals surface area contributed by atoms with Crippen molar-refractivity contribution < 1.29 is 8.78 Å². The van der Waals surface area contributed by atoms with Crippen LogP contribution in [0.5, 0.6) is 0 Å². The molecule has 0 aliphatic rings. The van der Waals surface area contributed by atoms with Crippen LogP contribution in [0, 0.1) is 11.6 Å². The van der Waals surface area contributed by atoms with Gasteiger partial charge in [-0.3, -0.25) is 0 Å². The quantitative estimate of drug-likeness (QED) is 0.557. The Morgan fingerprint density at radius 1 is 0.700 bits per heavy atom. The van der Waals surface area contributed by atoms with Crippen molar-refractivity contribution in [3.8, 4) is 11.6 Å². The van der Waals surface area contributed by atoms with Crippen molar-refractivity contribution in [2.75, 3.05) is 0 Å². The molecule has 4 rings (SSSR count). The fourth-order valence-corrected chi connectivity index (χ4v) is 2.22. The number of nitrogens with zero attached hydrogens (tertiary/aromatic N) is 2. The second kappa shape index (κ2) is 3.86. The highest BCUT2D eigenvalue weighted by atomic mass is 19.1. The monoisotopic (exact) mass is 270 g/mol. The Morgan fingerprint density at radius 2 is 1.15 bits per heavy atom. The predicted molar refractivity (Wildman–Crippen MR) is 71.1 cm³/mol. The van der Waals surface area contributed by atoms with E-state index in [1.807, 2.05) is 0 Å². The predicted octanol–water partition coefficient (Wildman–Crippen LogP) is 3.38. The van der Waals surface area contributed by atoms with Crippen LogP contribution in [0.3, 0.4) is 0 Å². The van der Waals surface area contributed by atoms with E-state index < -0.39 is 11.6 Å². The lowest BCUT2D eigenvalue weighted by Gasteiger charge is -1.86. The lowest BCUT2D eigenvalue weighted by Crippen LogP contribution is -1.82. The van der Waals surface area contributed by atoms with Crippen molar-refractivity contribution in [2.24, 2.45) is 0 Å². The molecule has 0 bridgehead atoms. The van der Waals surface area contributed by atoms with Gasteiger partial charge in [0.25, 0.3) is 0 Å². The van der Waals surface area contributed by atoms with Gasteiger partial charge in [-0.25, -0.2) is 18.7 Å². The molecule has 98 valence electrons. The number of hydrogen-bond acceptors (Lipinski definition) is 2. The van der Waals surface area contributed by atoms with Crippen molar-refractivity contribution in [2.45, 2.75) is 0 Å². The van der Waals surface area contributed by atoms with Gasteiger partial charge < -0.3 is 9.97 Å². The molecule has 2 aromatic carbocycles. The van der Waals surface area contributed by atoms with Crippen LogP contribution in [-0.4, -0.2) is 19.9 Å². The van der Waals surface area contributed by atoms with Gasteiger partial charge in [-0.1, -0.05) is 12.1 Å². The maximum atomic E-state index is 13.6. The summed E-state index contributed by atoms with van der Waals surface area (Å²) in [5, 5.41) is 0. The van der Waals surface area contributed by atoms with Gasteiger partial charge in [0, 0.05) is 0 Å². The van der Waals surface area contributed by atoms with E-state index in [1.54, 1.807) is 24.3 Å². The minimum atomic E-state index is -0.410. The van der Waals surface area contributed by atoms with E-state index in [0.29, 0.717) is 22.7 Å². The van der Waals surface area contributed by atoms with E-state index in [4.69, 9.17) is 0 Å². The van der Waals surface area contributed by atoms with Crippen LogP contribution < -0.4 is 0 Å². The van der Waals surface area contributed by atoms with Crippen LogP contribution in [0.1, 0.15) is 0 Å². The summed E-state index contributed by atoms with van der Waals surface area (Å²) in [7, 11) is 0. The number of benzene rings is 2. The summed E-state index contributed by atoms with van der Waals surface area (Å²) < 4.78 is 27.2. The molecule has 0 unspecified atom stereocenters. The summed E-state index contributed by atoms with van der Waals surface area (Å²) in [5.74, 6) is -0.0685. The van der Waals surface area contributed by atoms with Crippen LogP contribution in [0.25, 0.3) is 33.7 Å². The maximum Gasteiger partial charge on any atom is 0.174 e. The molecule has 2 N–H and O–H groups in total. The van der Waals surface area contributed by atoms with Gasteiger partial charge >= 0.3 is 0 Å². The normalized spacial score (nSPS) is 11.5. The highest BCUT2D eigenvalue weighted by Gasteiger charge is 2.13. The van der Waals surface area contributed by atoms with Crippen LogP contribution >= 0.6 is 0 Å². The zero-order valence-electron chi connectivity index (χ0n) is 10.1. The Kier molecular flexibility index (Phi) is 2.14. The molecule has 0 aliphatic carbocycles. The number of aromatic nitrogens is 4. The van der Waals surface area contributed by atoms with Crippen LogP contribution in [-0.2, 0) is 0 Å². The van der Waals surface area contributed by atoms with Gasteiger partial charge in [0.15, 0.2) is 23.3 Å². The van der Waals surface area contributed by atoms with Crippen LogP contribution in [0.15, 0.2) is 36.4 Å². The second-order valence-electron chi connectivity index (χ2n) is 4.44. The van der Waals surface area contributed by atoms with E-state index in [9.17, 15) is 8.78 Å². The van der Waals surface area contributed by atoms with Crippen molar-refractivity contribution in [3.05, 3.63) is 48.0 Å². The molecule has 0 saturated heterocycles. The van der Waals surface area contributed by atoms with E-state index >= 15 is 0 Å². The molecule has 2 heterocycles. The minimum absolute atomic E-state index is 0.239. The summed E-state index contributed by atoms with van der Waals surface area (Å²) in [4.78, 5) is 14.3. The minimum Gasteiger partial charge on any atom is -0.335 e. The molecule has 0 atom stereocenters. The molecule has 0 spiro atoms. The Balaban J connectivity index is 1.96. The van der Waals surface area contributed by atoms with Gasteiger partial charge in [0.05, 0.1) is 11.0 Å². The molecule has 4 aromatic rings. The highest BCUT2D eigenvalue weighted by molar-refractivity contribution is 5.82. The van der Waals surface area contributed by atoms with Gasteiger partial charge in [0.2, 0.25) is 0 Å². The Morgan fingerprint density at radius 3 is 1.55 bits per heavy atom. The van der Waals surface area contributed by atoms with E-state index in [-0.39, 0.29) is 11.0 Å². The standard InChI is InChI=1S/C14H8F2N4/c15-7-3-1-5-9-11(7)19-13(17-9)14-18-10-6-2-4-8(16)12(10)20-14/h1-6H,(H,17,19)(H,18,20). The number of rotatable bonds is 1. The van der Waals surface area contributed by atoms with Gasteiger partial charge in [-0.05, 0) is 24.3 Å². The number of H-pyrrole nitrogens is 2. The van der Waals surface area contributed by atoms with Crippen molar-refractivity contribution in [3.63, 3.8) is 0 Å². The molecule has 0 fully saturated rings. The first-order valence-electron chi connectivity index (χ1n) is 6.01. The molecule has 20 heavy (non-hydrogen) atoms. The zero-order valence-corrected chi connectivity index (χ0v) is 10.1. The fourth-order valence-electron chi connectivity index (χ4n) is 2.22. The summed E-state index contributed by atoms with van der Waals surface area (Å²) >= 11 is 0. The maximum absolute atomic E-state index is 13.6. The smallest absolute Gasteiger partial charge is 0.174 e. The number of fused-ring (bicyclic) bond motifs is 2. The topological polar surface area (TPSA) is 57.4 Å². The molecule has 2 aromatic heterocycles. The molecular weight excluding hydrogens is 262 g/mol. The Hall–Kier alpha value is -2.76. The first-order valence-corrected chi connectivity index (χ1v) is 6.01. The van der Waals surface area contributed by atoms with E-state index in [2.05, 4.69) is 19.9 Å². The lowest BCUT2D eigenvalue weighted by atomic mass is 10.3. The van der Waals surface area contributed by atoms with Crippen LogP contribution in [0.4, 0.5) is 8.78 Å². The summed E-state index contributed by atoms with van der Waals surface area (Å²) in [6.45, 7) is 0. The van der Waals surface area contributed by atoms with E-state index in [1.165, 1.54) is 12.1 Å². The number of hydrogen-bond donors (Lipinski definition) is 2. The molecule has 0 aliphatic heterocycles. The van der Waals surface area contributed by atoms with Gasteiger partial charge in [-0.2, -0.15) is 0 Å². The average molecular weight is 270 g/mol. The third kappa shape index (κ3) is 1.51. The third-order valence-electron chi connectivity index (χ3n) is 3.15.